The fraction of sp³-hybridized carbons (Fsp3) is 0. The zero-order chi connectivity index (χ0) is 15.2. The number of carbonyl (C=O) groups excluding carboxylic acids is 1. The van der Waals surface area contributed by atoms with Crippen LogP contribution in [0.1, 0.15) is 15.9 Å². The molecule has 21 heavy (non-hydrogen) atoms. The van der Waals surface area contributed by atoms with Gasteiger partial charge in [-0.15, -0.1) is 0 Å². The third-order valence-electron chi connectivity index (χ3n) is 3.36. The lowest BCUT2D eigenvalue weighted by atomic mass is 10.1. The Kier molecular flexibility index (Phi) is 2.93. The third-order valence-corrected chi connectivity index (χ3v) is 4.29. The van der Waals surface area contributed by atoms with E-state index < -0.39 is 10.0 Å². The Morgan fingerprint density at radius 1 is 0.952 bits per heavy atom. The summed E-state index contributed by atoms with van der Waals surface area (Å²) in [4.78, 5) is 13.9. The van der Waals surface area contributed by atoms with Crippen molar-refractivity contribution < 1.29 is 13.2 Å². The molecular weight excluding hydrogens is 288 g/mol. The lowest BCUT2D eigenvalue weighted by Crippen LogP contribution is -2.22. The minimum atomic E-state index is -3.75. The van der Waals surface area contributed by atoms with Crippen molar-refractivity contribution in [2.75, 3.05) is 4.90 Å². The van der Waals surface area contributed by atoms with Crippen LogP contribution in [-0.2, 0) is 10.0 Å². The zero-order valence-corrected chi connectivity index (χ0v) is 11.8. The average Bonchev–Trinajstić information content (AvgIpc) is 2.71. The molecule has 1 aliphatic rings. The lowest BCUT2D eigenvalue weighted by molar-refractivity contribution is 0.101. The van der Waals surface area contributed by atoms with Crippen molar-refractivity contribution in [2.45, 2.75) is 4.90 Å². The molecule has 0 saturated heterocycles. The van der Waals surface area contributed by atoms with Gasteiger partial charge in [-0.05, 0) is 30.3 Å². The minimum Gasteiger partial charge on any atom is -0.277 e. The van der Waals surface area contributed by atoms with Crippen molar-refractivity contribution in [3.8, 4) is 0 Å². The molecule has 5 nitrogen and oxygen atoms in total. The van der Waals surface area contributed by atoms with Crippen LogP contribution in [0.4, 0.5) is 5.69 Å². The summed E-state index contributed by atoms with van der Waals surface area (Å²) in [7, 11) is -3.75. The number of nitrogens with two attached hydrogens (primary N) is 1. The van der Waals surface area contributed by atoms with Gasteiger partial charge in [0.2, 0.25) is 10.0 Å². The largest absolute Gasteiger partial charge is 0.277 e. The first-order chi connectivity index (χ1) is 9.89. The van der Waals surface area contributed by atoms with Gasteiger partial charge in [0.1, 0.15) is 0 Å². The topological polar surface area (TPSA) is 80.5 Å². The summed E-state index contributed by atoms with van der Waals surface area (Å²) < 4.78 is 22.5. The summed E-state index contributed by atoms with van der Waals surface area (Å²) in [5.74, 6) is -0.182. The maximum absolute atomic E-state index is 12.4. The first kappa shape index (κ1) is 13.5. The molecule has 3 rings (SSSR count). The Hall–Kier alpha value is -2.44. The van der Waals surface area contributed by atoms with Gasteiger partial charge in [0.15, 0.2) is 0 Å². The van der Waals surface area contributed by atoms with Crippen LogP contribution in [0.25, 0.3) is 5.70 Å². The average molecular weight is 300 g/mol. The standard InChI is InChI=1S/C15H12N2O3S/c1-10-13-4-2-3-5-14(13)15(18)17(10)11-6-8-12(9-7-11)21(16,19)20/h2-9H,1H2,(H2,16,19,20). The van der Waals surface area contributed by atoms with E-state index in [2.05, 4.69) is 6.58 Å². The van der Waals surface area contributed by atoms with Crippen molar-refractivity contribution in [3.63, 3.8) is 0 Å². The number of carbonyl (C=O) groups is 1. The summed E-state index contributed by atoms with van der Waals surface area (Å²) in [6, 6.07) is 13.0. The maximum atomic E-state index is 12.4. The number of hydrogen-bond acceptors (Lipinski definition) is 3. The molecule has 0 unspecified atom stereocenters. The quantitative estimate of drug-likeness (QED) is 0.920. The van der Waals surface area contributed by atoms with Gasteiger partial charge in [-0.2, -0.15) is 0 Å². The van der Waals surface area contributed by atoms with Gasteiger partial charge in [-0.25, -0.2) is 13.6 Å². The Bertz CT molecular complexity index is 820. The van der Waals surface area contributed by atoms with Gasteiger partial charge in [0, 0.05) is 16.8 Å². The lowest BCUT2D eigenvalue weighted by Gasteiger charge is -2.17. The molecule has 0 fully saturated rings. The molecule has 6 heteroatoms. The van der Waals surface area contributed by atoms with Crippen molar-refractivity contribution >= 4 is 27.3 Å². The van der Waals surface area contributed by atoms with E-state index in [1.54, 1.807) is 12.1 Å². The predicted octanol–water partition coefficient (Wildman–Crippen LogP) is 1.97. The van der Waals surface area contributed by atoms with Gasteiger partial charge in [-0.3, -0.25) is 9.69 Å². The number of sulfonamides is 1. The molecule has 0 bridgehead atoms. The highest BCUT2D eigenvalue weighted by atomic mass is 32.2. The number of hydrogen-bond donors (Lipinski definition) is 1. The molecular formula is C15H12N2O3S. The van der Waals surface area contributed by atoms with E-state index >= 15 is 0 Å². The Morgan fingerprint density at radius 2 is 1.52 bits per heavy atom. The van der Waals surface area contributed by atoms with Crippen molar-refractivity contribution in [2.24, 2.45) is 5.14 Å². The van der Waals surface area contributed by atoms with Crippen LogP contribution >= 0.6 is 0 Å². The maximum Gasteiger partial charge on any atom is 0.263 e. The fourth-order valence-electron chi connectivity index (χ4n) is 2.34. The van der Waals surface area contributed by atoms with Gasteiger partial charge in [-0.1, -0.05) is 24.8 Å². The number of nitrogens with zero attached hydrogens (tertiary/aromatic N) is 1. The molecule has 1 aliphatic heterocycles. The highest BCUT2D eigenvalue weighted by Crippen LogP contribution is 2.35. The van der Waals surface area contributed by atoms with Crippen molar-refractivity contribution in [1.82, 2.24) is 0 Å². The summed E-state index contributed by atoms with van der Waals surface area (Å²) >= 11 is 0. The van der Waals surface area contributed by atoms with E-state index in [-0.39, 0.29) is 10.8 Å². The molecule has 0 aliphatic carbocycles. The van der Waals surface area contributed by atoms with Crippen LogP contribution in [0.15, 0.2) is 60.0 Å². The van der Waals surface area contributed by atoms with E-state index in [4.69, 9.17) is 5.14 Å². The number of fused-ring (bicyclic) bond motifs is 1. The molecule has 2 N–H and O–H groups in total. The molecule has 0 radical (unpaired) electrons. The second kappa shape index (κ2) is 4.54. The van der Waals surface area contributed by atoms with Gasteiger partial charge in [0.05, 0.1) is 10.6 Å². The van der Waals surface area contributed by atoms with Crippen LogP contribution in [0.5, 0.6) is 0 Å². The minimum absolute atomic E-state index is 0.000947. The van der Waals surface area contributed by atoms with E-state index in [0.717, 1.165) is 5.56 Å². The highest BCUT2D eigenvalue weighted by molar-refractivity contribution is 7.89. The van der Waals surface area contributed by atoms with Crippen LogP contribution in [-0.4, -0.2) is 14.3 Å². The Morgan fingerprint density at radius 3 is 2.05 bits per heavy atom. The second-order valence-electron chi connectivity index (χ2n) is 4.67. The summed E-state index contributed by atoms with van der Waals surface area (Å²) in [5, 5.41) is 5.06. The first-order valence-electron chi connectivity index (χ1n) is 6.15. The number of benzene rings is 2. The Balaban J connectivity index is 2.03. The number of amides is 1. The van der Waals surface area contributed by atoms with E-state index in [1.165, 1.54) is 29.2 Å². The number of rotatable bonds is 2. The van der Waals surface area contributed by atoms with Gasteiger partial charge in [0.25, 0.3) is 5.91 Å². The monoisotopic (exact) mass is 300 g/mol. The molecule has 2 aromatic carbocycles. The highest BCUT2D eigenvalue weighted by Gasteiger charge is 2.31. The van der Waals surface area contributed by atoms with Crippen molar-refractivity contribution in [3.05, 3.63) is 66.2 Å². The molecule has 0 spiro atoms. The molecule has 1 heterocycles. The Labute approximate surface area is 122 Å². The van der Waals surface area contributed by atoms with Crippen LogP contribution in [0.2, 0.25) is 0 Å². The molecule has 1 amide bonds. The number of anilines is 1. The summed E-state index contributed by atoms with van der Waals surface area (Å²) in [6.07, 6.45) is 0. The molecule has 0 atom stereocenters. The second-order valence-corrected chi connectivity index (χ2v) is 6.23. The van der Waals surface area contributed by atoms with Crippen LogP contribution in [0.3, 0.4) is 0 Å². The van der Waals surface area contributed by atoms with Gasteiger partial charge >= 0.3 is 0 Å². The van der Waals surface area contributed by atoms with Crippen molar-refractivity contribution in [1.29, 1.82) is 0 Å². The smallest absolute Gasteiger partial charge is 0.263 e. The predicted molar refractivity (Wildman–Crippen MR) is 80.1 cm³/mol. The number of primary sulfonamides is 1. The first-order valence-corrected chi connectivity index (χ1v) is 7.70. The molecule has 2 aromatic rings. The van der Waals surface area contributed by atoms with Crippen LogP contribution in [0, 0.1) is 0 Å². The summed E-state index contributed by atoms with van der Waals surface area (Å²) in [5.41, 5.74) is 2.48. The molecule has 0 saturated carbocycles. The summed E-state index contributed by atoms with van der Waals surface area (Å²) in [6.45, 7) is 3.94. The van der Waals surface area contributed by atoms with Gasteiger partial charge < -0.3 is 0 Å². The van der Waals surface area contributed by atoms with E-state index in [9.17, 15) is 13.2 Å². The molecule has 106 valence electrons. The zero-order valence-electron chi connectivity index (χ0n) is 11.0. The fourth-order valence-corrected chi connectivity index (χ4v) is 2.86. The third kappa shape index (κ3) is 2.14. The van der Waals surface area contributed by atoms with E-state index in [1.807, 2.05) is 12.1 Å². The normalized spacial score (nSPS) is 14.4. The van der Waals surface area contributed by atoms with E-state index in [0.29, 0.717) is 16.9 Å². The SMILES string of the molecule is C=C1c2ccccc2C(=O)N1c1ccc(S(N)(=O)=O)cc1. The van der Waals surface area contributed by atoms with Crippen LogP contribution < -0.4 is 10.0 Å². The molecule has 0 aromatic heterocycles.